The van der Waals surface area contributed by atoms with E-state index >= 15 is 0 Å². The predicted molar refractivity (Wildman–Crippen MR) is 136 cm³/mol. The summed E-state index contributed by atoms with van der Waals surface area (Å²) < 4.78 is 16.0. The number of carbonyl (C=O) groups is 3. The Labute approximate surface area is 209 Å². The predicted octanol–water partition coefficient (Wildman–Crippen LogP) is 4.52. The molecular formula is C26H30N2O6S. The first-order chi connectivity index (χ1) is 16.9. The van der Waals surface area contributed by atoms with E-state index in [0.29, 0.717) is 28.4 Å². The highest BCUT2D eigenvalue weighted by Crippen LogP contribution is 2.40. The minimum absolute atomic E-state index is 0.0809. The summed E-state index contributed by atoms with van der Waals surface area (Å²) >= 11 is 0.850. The number of carbonyl (C=O) groups excluding carboxylic acids is 3. The lowest BCUT2D eigenvalue weighted by atomic mass is 10.1. The normalized spacial score (nSPS) is 14.4. The van der Waals surface area contributed by atoms with Crippen LogP contribution in [0.1, 0.15) is 41.3 Å². The van der Waals surface area contributed by atoms with Gasteiger partial charge in [-0.3, -0.25) is 19.3 Å². The molecule has 35 heavy (non-hydrogen) atoms. The molecule has 1 aliphatic rings. The summed E-state index contributed by atoms with van der Waals surface area (Å²) in [5.74, 6) is 0.665. The molecule has 1 aliphatic heterocycles. The minimum atomic E-state index is -0.414. The van der Waals surface area contributed by atoms with E-state index in [0.717, 1.165) is 35.9 Å². The van der Waals surface area contributed by atoms with Gasteiger partial charge in [-0.15, -0.1) is 0 Å². The molecule has 9 heteroatoms. The number of nitrogens with zero attached hydrogens (tertiary/aromatic N) is 1. The molecule has 2 aromatic carbocycles. The smallest absolute Gasteiger partial charge is 0.293 e. The SMILES string of the molecule is CCCCc1ccc(C(=O)NCCN2C(=O)S/C(=C\c3cc(OC)c(OC)c(OC)c3)C2=O)cc1. The molecule has 3 rings (SSSR count). The highest BCUT2D eigenvalue weighted by Gasteiger charge is 2.34. The monoisotopic (exact) mass is 498 g/mol. The molecule has 1 fully saturated rings. The fourth-order valence-electron chi connectivity index (χ4n) is 3.62. The van der Waals surface area contributed by atoms with Crippen LogP contribution >= 0.6 is 11.8 Å². The number of imide groups is 1. The summed E-state index contributed by atoms with van der Waals surface area (Å²) in [5.41, 5.74) is 2.36. The van der Waals surface area contributed by atoms with Gasteiger partial charge in [0, 0.05) is 18.7 Å². The zero-order valence-electron chi connectivity index (χ0n) is 20.4. The second-order valence-corrected chi connectivity index (χ2v) is 8.84. The Hall–Kier alpha value is -3.46. The number of hydrogen-bond acceptors (Lipinski definition) is 7. The molecule has 3 amide bonds. The lowest BCUT2D eigenvalue weighted by Gasteiger charge is -2.14. The number of thioether (sulfide) groups is 1. The zero-order valence-corrected chi connectivity index (χ0v) is 21.2. The first kappa shape index (κ1) is 26.2. The van der Waals surface area contributed by atoms with E-state index in [9.17, 15) is 14.4 Å². The Morgan fingerprint density at radius 3 is 2.26 bits per heavy atom. The Kier molecular flexibility index (Phi) is 9.19. The molecule has 0 radical (unpaired) electrons. The molecule has 1 heterocycles. The quantitative estimate of drug-likeness (QED) is 0.455. The van der Waals surface area contributed by atoms with Crippen molar-refractivity contribution in [1.82, 2.24) is 10.2 Å². The Morgan fingerprint density at radius 2 is 1.69 bits per heavy atom. The third-order valence-corrected chi connectivity index (χ3v) is 6.42. The van der Waals surface area contributed by atoms with Gasteiger partial charge in [0.25, 0.3) is 17.1 Å². The number of aryl methyl sites for hydroxylation is 1. The molecule has 8 nitrogen and oxygen atoms in total. The Bertz CT molecular complexity index is 1090. The molecule has 0 bridgehead atoms. The summed E-state index contributed by atoms with van der Waals surface area (Å²) in [6.45, 7) is 2.38. The number of nitrogens with one attached hydrogen (secondary N) is 1. The molecule has 2 aromatic rings. The average Bonchev–Trinajstić information content (AvgIpc) is 3.14. The van der Waals surface area contributed by atoms with Crippen molar-refractivity contribution in [3.8, 4) is 17.2 Å². The third kappa shape index (κ3) is 6.36. The maximum absolute atomic E-state index is 12.8. The molecular weight excluding hydrogens is 468 g/mol. The second kappa shape index (κ2) is 12.3. The second-order valence-electron chi connectivity index (χ2n) is 7.85. The van der Waals surface area contributed by atoms with Crippen molar-refractivity contribution in [3.63, 3.8) is 0 Å². The largest absolute Gasteiger partial charge is 0.493 e. The summed E-state index contributed by atoms with van der Waals surface area (Å²) in [6.07, 6.45) is 4.82. The molecule has 0 spiro atoms. The van der Waals surface area contributed by atoms with Crippen LogP contribution in [0.25, 0.3) is 6.08 Å². The maximum atomic E-state index is 12.8. The number of rotatable bonds is 11. The molecule has 1 N–H and O–H groups in total. The van der Waals surface area contributed by atoms with E-state index in [1.807, 2.05) is 12.1 Å². The first-order valence-electron chi connectivity index (χ1n) is 11.3. The van der Waals surface area contributed by atoms with Gasteiger partial charge in [0.1, 0.15) is 0 Å². The van der Waals surface area contributed by atoms with Gasteiger partial charge in [-0.2, -0.15) is 0 Å². The molecule has 186 valence electrons. The van der Waals surface area contributed by atoms with Gasteiger partial charge < -0.3 is 19.5 Å². The summed E-state index contributed by atoms with van der Waals surface area (Å²) in [4.78, 5) is 39.1. The van der Waals surface area contributed by atoms with E-state index in [1.165, 1.54) is 26.9 Å². The van der Waals surface area contributed by atoms with Crippen LogP contribution in [0.15, 0.2) is 41.3 Å². The highest BCUT2D eigenvalue weighted by molar-refractivity contribution is 8.18. The molecule has 0 unspecified atom stereocenters. The minimum Gasteiger partial charge on any atom is -0.493 e. The lowest BCUT2D eigenvalue weighted by Crippen LogP contribution is -2.37. The van der Waals surface area contributed by atoms with Gasteiger partial charge in [-0.05, 0) is 66.1 Å². The van der Waals surface area contributed by atoms with Gasteiger partial charge in [-0.1, -0.05) is 25.5 Å². The van der Waals surface area contributed by atoms with Crippen LogP contribution < -0.4 is 19.5 Å². The maximum Gasteiger partial charge on any atom is 0.293 e. The van der Waals surface area contributed by atoms with E-state index in [-0.39, 0.29) is 29.1 Å². The molecule has 1 saturated heterocycles. The van der Waals surface area contributed by atoms with E-state index in [1.54, 1.807) is 30.3 Å². The number of ether oxygens (including phenoxy) is 3. The number of unbranched alkanes of at least 4 members (excludes halogenated alkanes) is 1. The fourth-order valence-corrected chi connectivity index (χ4v) is 4.48. The van der Waals surface area contributed by atoms with Gasteiger partial charge in [0.15, 0.2) is 11.5 Å². The van der Waals surface area contributed by atoms with Crippen LogP contribution in [0.5, 0.6) is 17.2 Å². The van der Waals surface area contributed by atoms with E-state index in [2.05, 4.69) is 12.2 Å². The fraction of sp³-hybridized carbons (Fsp3) is 0.346. The van der Waals surface area contributed by atoms with Gasteiger partial charge in [0.05, 0.1) is 26.2 Å². The van der Waals surface area contributed by atoms with Gasteiger partial charge in [0.2, 0.25) is 5.75 Å². The zero-order chi connectivity index (χ0) is 25.4. The topological polar surface area (TPSA) is 94.2 Å². The van der Waals surface area contributed by atoms with Crippen molar-refractivity contribution in [2.24, 2.45) is 0 Å². The summed E-state index contributed by atoms with van der Waals surface area (Å²) in [6, 6.07) is 10.9. The third-order valence-electron chi connectivity index (χ3n) is 5.51. The van der Waals surface area contributed by atoms with Gasteiger partial charge >= 0.3 is 0 Å². The average molecular weight is 499 g/mol. The van der Waals surface area contributed by atoms with Crippen LogP contribution in [0.3, 0.4) is 0 Å². The lowest BCUT2D eigenvalue weighted by molar-refractivity contribution is -0.122. The van der Waals surface area contributed by atoms with Crippen LogP contribution in [0.2, 0.25) is 0 Å². The van der Waals surface area contributed by atoms with Crippen LogP contribution in [0, 0.1) is 0 Å². The highest BCUT2D eigenvalue weighted by atomic mass is 32.2. The summed E-state index contributed by atoms with van der Waals surface area (Å²) in [7, 11) is 4.51. The molecule has 0 aromatic heterocycles. The Balaban J connectivity index is 1.62. The standard InChI is InChI=1S/C26H30N2O6S/c1-5-6-7-17-8-10-19(11-9-17)24(29)27-12-13-28-25(30)22(35-26(28)31)16-18-14-20(32-2)23(34-4)21(15-18)33-3/h8-11,14-16H,5-7,12-13H2,1-4H3,(H,27,29)/b22-16-. The first-order valence-corrected chi connectivity index (χ1v) is 12.2. The van der Waals surface area contributed by atoms with Crippen molar-refractivity contribution in [1.29, 1.82) is 0 Å². The molecule has 0 saturated carbocycles. The summed E-state index contributed by atoms with van der Waals surface area (Å²) in [5, 5.41) is 2.39. The van der Waals surface area contributed by atoms with Crippen molar-refractivity contribution < 1.29 is 28.6 Å². The van der Waals surface area contributed by atoms with Crippen molar-refractivity contribution >= 4 is 34.9 Å². The Morgan fingerprint density at radius 1 is 1.03 bits per heavy atom. The van der Waals surface area contributed by atoms with Crippen LogP contribution in [0.4, 0.5) is 4.79 Å². The van der Waals surface area contributed by atoms with Crippen molar-refractivity contribution in [2.75, 3.05) is 34.4 Å². The molecule has 0 aliphatic carbocycles. The molecule has 0 atom stereocenters. The van der Waals surface area contributed by atoms with Gasteiger partial charge in [-0.25, -0.2) is 0 Å². The van der Waals surface area contributed by atoms with Crippen LogP contribution in [-0.4, -0.2) is 56.4 Å². The van der Waals surface area contributed by atoms with Crippen molar-refractivity contribution in [3.05, 3.63) is 58.0 Å². The van der Waals surface area contributed by atoms with Crippen LogP contribution in [-0.2, 0) is 11.2 Å². The number of methoxy groups -OCH3 is 3. The number of hydrogen-bond donors (Lipinski definition) is 1. The van der Waals surface area contributed by atoms with E-state index in [4.69, 9.17) is 14.2 Å². The van der Waals surface area contributed by atoms with Crippen molar-refractivity contribution in [2.45, 2.75) is 26.2 Å². The van der Waals surface area contributed by atoms with E-state index < -0.39 is 5.91 Å². The number of amides is 3. The number of benzene rings is 2.